The number of hydrogen-bond acceptors (Lipinski definition) is 3. The van der Waals surface area contributed by atoms with Gasteiger partial charge in [0.25, 0.3) is 5.91 Å². The molecule has 1 atom stereocenters. The number of aliphatic hydroxyl groups excluding tert-OH is 1. The van der Waals surface area contributed by atoms with E-state index in [9.17, 15) is 9.90 Å². The van der Waals surface area contributed by atoms with Crippen molar-refractivity contribution in [1.82, 2.24) is 4.90 Å². The molecule has 0 bridgehead atoms. The number of ether oxygens (including phenoxy) is 1. The molecule has 1 N–H and O–H groups in total. The molecule has 1 aromatic carbocycles. The molecule has 0 radical (unpaired) electrons. The van der Waals surface area contributed by atoms with Crippen LogP contribution in [0.15, 0.2) is 24.3 Å². The van der Waals surface area contributed by atoms with Gasteiger partial charge in [0.1, 0.15) is 5.75 Å². The summed E-state index contributed by atoms with van der Waals surface area (Å²) in [6.45, 7) is 5.14. The van der Waals surface area contributed by atoms with E-state index < -0.39 is 6.10 Å². The number of methoxy groups -OCH3 is 1. The van der Waals surface area contributed by atoms with Crippen molar-refractivity contribution in [2.45, 2.75) is 26.4 Å². The van der Waals surface area contributed by atoms with E-state index in [1.807, 2.05) is 19.9 Å². The highest BCUT2D eigenvalue weighted by Crippen LogP contribution is 2.31. The second-order valence-electron chi connectivity index (χ2n) is 5.74. The third kappa shape index (κ3) is 2.89. The smallest absolute Gasteiger partial charge is 0.254 e. The average molecular weight is 263 g/mol. The second kappa shape index (κ2) is 5.21. The van der Waals surface area contributed by atoms with Gasteiger partial charge in [-0.1, -0.05) is 19.9 Å². The van der Waals surface area contributed by atoms with Crippen molar-refractivity contribution >= 4 is 5.91 Å². The summed E-state index contributed by atoms with van der Waals surface area (Å²) in [6, 6.07) is 7.12. The van der Waals surface area contributed by atoms with Crippen LogP contribution in [-0.2, 0) is 0 Å². The van der Waals surface area contributed by atoms with E-state index in [1.54, 1.807) is 30.2 Å². The van der Waals surface area contributed by atoms with Crippen LogP contribution in [0.2, 0.25) is 0 Å². The lowest BCUT2D eigenvalue weighted by Gasteiger charge is -2.41. The minimum atomic E-state index is -0.476. The number of benzene rings is 1. The van der Waals surface area contributed by atoms with Gasteiger partial charge in [-0.3, -0.25) is 4.79 Å². The Morgan fingerprint density at radius 3 is 2.84 bits per heavy atom. The van der Waals surface area contributed by atoms with Crippen molar-refractivity contribution in [3.63, 3.8) is 0 Å². The summed E-state index contributed by atoms with van der Waals surface area (Å²) < 4.78 is 5.13. The number of amides is 1. The van der Waals surface area contributed by atoms with E-state index in [2.05, 4.69) is 0 Å². The highest BCUT2D eigenvalue weighted by atomic mass is 16.5. The van der Waals surface area contributed by atoms with Crippen LogP contribution in [0.25, 0.3) is 0 Å². The normalized spacial score (nSPS) is 22.1. The summed E-state index contributed by atoms with van der Waals surface area (Å²) in [7, 11) is 1.58. The highest BCUT2D eigenvalue weighted by Gasteiger charge is 2.36. The molecule has 4 heteroatoms. The average Bonchev–Trinajstić information content (AvgIpc) is 2.41. The molecule has 1 unspecified atom stereocenters. The van der Waals surface area contributed by atoms with E-state index in [0.717, 1.165) is 6.42 Å². The topological polar surface area (TPSA) is 49.8 Å². The maximum absolute atomic E-state index is 12.4. The van der Waals surface area contributed by atoms with Gasteiger partial charge in [0, 0.05) is 18.7 Å². The van der Waals surface area contributed by atoms with Crippen LogP contribution in [-0.4, -0.2) is 42.2 Å². The first kappa shape index (κ1) is 13.9. The Kier molecular flexibility index (Phi) is 3.80. The van der Waals surface area contributed by atoms with Crippen molar-refractivity contribution in [3.8, 4) is 5.75 Å². The zero-order valence-corrected chi connectivity index (χ0v) is 11.7. The monoisotopic (exact) mass is 263 g/mol. The van der Waals surface area contributed by atoms with E-state index in [-0.39, 0.29) is 11.3 Å². The maximum atomic E-state index is 12.4. The quantitative estimate of drug-likeness (QED) is 0.887. The number of likely N-dealkylation sites (tertiary alicyclic amines) is 1. The standard InChI is InChI=1S/C15H21NO3/c1-15(2)7-8-16(10-13(15)17)14(18)11-5-4-6-12(9-11)19-3/h4-6,9,13,17H,7-8,10H2,1-3H3. The third-order valence-corrected chi connectivity index (χ3v) is 3.93. The lowest BCUT2D eigenvalue weighted by molar-refractivity contribution is -0.0190. The maximum Gasteiger partial charge on any atom is 0.254 e. The zero-order chi connectivity index (χ0) is 14.0. The Labute approximate surface area is 114 Å². The van der Waals surface area contributed by atoms with Crippen LogP contribution in [0.1, 0.15) is 30.6 Å². The second-order valence-corrected chi connectivity index (χ2v) is 5.74. The molecule has 1 amide bonds. The Hall–Kier alpha value is -1.55. The molecule has 1 aliphatic rings. The minimum absolute atomic E-state index is 0.0477. The fraction of sp³-hybridized carbons (Fsp3) is 0.533. The van der Waals surface area contributed by atoms with Crippen LogP contribution in [0.3, 0.4) is 0 Å². The van der Waals surface area contributed by atoms with Crippen molar-refractivity contribution in [2.75, 3.05) is 20.2 Å². The molecule has 104 valence electrons. The first-order valence-electron chi connectivity index (χ1n) is 6.55. The Morgan fingerprint density at radius 2 is 2.21 bits per heavy atom. The molecule has 4 nitrogen and oxygen atoms in total. The van der Waals surface area contributed by atoms with Gasteiger partial charge in [-0.2, -0.15) is 0 Å². The van der Waals surface area contributed by atoms with Crippen molar-refractivity contribution < 1.29 is 14.6 Å². The molecular weight excluding hydrogens is 242 g/mol. The van der Waals surface area contributed by atoms with Gasteiger partial charge in [-0.05, 0) is 30.0 Å². The number of rotatable bonds is 2. The third-order valence-electron chi connectivity index (χ3n) is 3.93. The number of carbonyl (C=O) groups excluding carboxylic acids is 1. The molecule has 1 heterocycles. The van der Waals surface area contributed by atoms with Gasteiger partial charge in [-0.15, -0.1) is 0 Å². The molecule has 19 heavy (non-hydrogen) atoms. The minimum Gasteiger partial charge on any atom is -0.497 e. The first-order valence-corrected chi connectivity index (χ1v) is 6.55. The summed E-state index contributed by atoms with van der Waals surface area (Å²) >= 11 is 0. The van der Waals surface area contributed by atoms with Crippen LogP contribution in [0.4, 0.5) is 0 Å². The first-order chi connectivity index (χ1) is 8.94. The molecule has 2 rings (SSSR count). The van der Waals surface area contributed by atoms with E-state index in [0.29, 0.717) is 24.4 Å². The summed E-state index contributed by atoms with van der Waals surface area (Å²) in [5.41, 5.74) is 0.483. The SMILES string of the molecule is COc1cccc(C(=O)N2CCC(C)(C)C(O)C2)c1. The van der Waals surface area contributed by atoms with Gasteiger partial charge in [0.2, 0.25) is 0 Å². The Bertz CT molecular complexity index is 470. The van der Waals surface area contributed by atoms with Crippen molar-refractivity contribution in [2.24, 2.45) is 5.41 Å². The van der Waals surface area contributed by atoms with Crippen LogP contribution in [0, 0.1) is 5.41 Å². The molecule has 0 saturated carbocycles. The van der Waals surface area contributed by atoms with Gasteiger partial charge in [0.15, 0.2) is 0 Å². The Morgan fingerprint density at radius 1 is 1.47 bits per heavy atom. The van der Waals surface area contributed by atoms with Gasteiger partial charge < -0.3 is 14.7 Å². The number of aliphatic hydroxyl groups is 1. The lowest BCUT2D eigenvalue weighted by atomic mass is 9.80. The molecule has 1 aliphatic heterocycles. The van der Waals surface area contributed by atoms with Crippen LogP contribution < -0.4 is 4.74 Å². The van der Waals surface area contributed by atoms with E-state index in [4.69, 9.17) is 4.74 Å². The fourth-order valence-corrected chi connectivity index (χ4v) is 2.26. The summed E-state index contributed by atoms with van der Waals surface area (Å²) in [6.07, 6.45) is 0.333. The molecule has 1 fully saturated rings. The zero-order valence-electron chi connectivity index (χ0n) is 11.7. The van der Waals surface area contributed by atoms with Gasteiger partial charge >= 0.3 is 0 Å². The number of piperidine rings is 1. The number of nitrogens with zero attached hydrogens (tertiary/aromatic N) is 1. The van der Waals surface area contributed by atoms with E-state index >= 15 is 0 Å². The number of β-amino-alcohol motifs (C(OH)–C–C–N with tert-alkyl or cyclic N) is 1. The lowest BCUT2D eigenvalue weighted by Crippen LogP contribution is -2.50. The van der Waals surface area contributed by atoms with Crippen LogP contribution >= 0.6 is 0 Å². The summed E-state index contributed by atoms with van der Waals surface area (Å²) in [5.74, 6) is 0.622. The van der Waals surface area contributed by atoms with Crippen LogP contribution in [0.5, 0.6) is 5.75 Å². The molecular formula is C15H21NO3. The summed E-state index contributed by atoms with van der Waals surface area (Å²) in [5, 5.41) is 10.1. The van der Waals surface area contributed by atoms with Gasteiger partial charge in [-0.25, -0.2) is 0 Å². The molecule has 0 aliphatic carbocycles. The summed E-state index contributed by atoms with van der Waals surface area (Å²) in [4.78, 5) is 14.1. The largest absolute Gasteiger partial charge is 0.497 e. The van der Waals surface area contributed by atoms with Crippen molar-refractivity contribution in [1.29, 1.82) is 0 Å². The predicted octanol–water partition coefficient (Wildman–Crippen LogP) is 1.93. The predicted molar refractivity (Wildman–Crippen MR) is 73.3 cm³/mol. The van der Waals surface area contributed by atoms with Gasteiger partial charge in [0.05, 0.1) is 13.2 Å². The Balaban J connectivity index is 2.12. The molecule has 0 aromatic heterocycles. The number of carbonyl (C=O) groups is 1. The highest BCUT2D eigenvalue weighted by molar-refractivity contribution is 5.94. The molecule has 0 spiro atoms. The molecule has 1 aromatic rings. The molecule has 1 saturated heterocycles. The fourth-order valence-electron chi connectivity index (χ4n) is 2.26. The number of hydrogen-bond donors (Lipinski definition) is 1. The van der Waals surface area contributed by atoms with Crippen molar-refractivity contribution in [3.05, 3.63) is 29.8 Å². The van der Waals surface area contributed by atoms with E-state index in [1.165, 1.54) is 0 Å².